The lowest BCUT2D eigenvalue weighted by Gasteiger charge is -2.12. The van der Waals surface area contributed by atoms with Gasteiger partial charge in [0.15, 0.2) is 0 Å². The molecule has 0 saturated carbocycles. The second-order valence-corrected chi connectivity index (χ2v) is 8.72. The summed E-state index contributed by atoms with van der Waals surface area (Å²) in [6, 6.07) is 32.2. The minimum absolute atomic E-state index is 0.273. The Morgan fingerprint density at radius 2 is 1.43 bits per heavy atom. The molecule has 0 bridgehead atoms. The largest absolute Gasteiger partial charge is 0.298 e. The number of fused-ring (bicyclic) bond motifs is 4. The molecule has 3 heterocycles. The molecule has 0 unspecified atom stereocenters. The highest BCUT2D eigenvalue weighted by Gasteiger charge is 2.17. The Bertz CT molecular complexity index is 2010. The lowest BCUT2D eigenvalue weighted by Crippen LogP contribution is -2.04. The van der Waals surface area contributed by atoms with Crippen LogP contribution in [-0.4, -0.2) is 14.1 Å². The normalized spacial score (nSPS) is 11.5. The number of nitriles is 2. The molecule has 5 heteroatoms. The molecule has 0 radical (unpaired) electrons. The molecule has 3 aromatic carbocycles. The number of benzene rings is 3. The summed E-state index contributed by atoms with van der Waals surface area (Å²) in [5, 5.41) is 21.9. The summed E-state index contributed by atoms with van der Waals surface area (Å²) in [5.41, 5.74) is 5.71. The van der Waals surface area contributed by atoms with Gasteiger partial charge < -0.3 is 0 Å². The van der Waals surface area contributed by atoms with Crippen LogP contribution in [0.4, 0.5) is 0 Å². The maximum absolute atomic E-state index is 9.45. The number of aromatic nitrogens is 3. The number of hydrogen-bond acceptors (Lipinski definition) is 3. The van der Waals surface area contributed by atoms with E-state index in [1.807, 2.05) is 79.7 Å². The third-order valence-electron chi connectivity index (χ3n) is 6.70. The molecule has 0 atom stereocenters. The quantitative estimate of drug-likeness (QED) is 0.209. The zero-order valence-electron chi connectivity index (χ0n) is 20.0. The lowest BCUT2D eigenvalue weighted by molar-refractivity contribution is 0.962. The molecule has 0 aliphatic carbocycles. The van der Waals surface area contributed by atoms with Crippen molar-refractivity contribution < 1.29 is 0 Å². The van der Waals surface area contributed by atoms with Gasteiger partial charge in [-0.15, -0.1) is 6.42 Å². The summed E-state index contributed by atoms with van der Waals surface area (Å²) < 4.78 is 4.22. The number of hydrogen-bond donors (Lipinski definition) is 0. The predicted octanol–water partition coefficient (Wildman–Crippen LogP) is 6.84. The van der Waals surface area contributed by atoms with Gasteiger partial charge in [-0.1, -0.05) is 48.4 Å². The fourth-order valence-electron chi connectivity index (χ4n) is 5.07. The van der Waals surface area contributed by atoms with Gasteiger partial charge in [-0.2, -0.15) is 10.5 Å². The smallest absolute Gasteiger partial charge is 0.140 e. The third kappa shape index (κ3) is 3.37. The summed E-state index contributed by atoms with van der Waals surface area (Å²) in [4.78, 5) is 5.11. The molecule has 0 N–H and O–H groups in total. The van der Waals surface area contributed by atoms with Gasteiger partial charge in [-0.3, -0.25) is 9.13 Å². The van der Waals surface area contributed by atoms with Gasteiger partial charge in [0.1, 0.15) is 23.3 Å². The minimum atomic E-state index is 0.273. The maximum atomic E-state index is 9.45. The van der Waals surface area contributed by atoms with Gasteiger partial charge in [-0.25, -0.2) is 4.98 Å². The number of para-hydroxylation sites is 2. The number of nitrogens with zero attached hydrogens (tertiary/aromatic N) is 5. The number of allylic oxidation sites excluding steroid dienone is 1. The van der Waals surface area contributed by atoms with Crippen LogP contribution in [0.25, 0.3) is 50.4 Å². The van der Waals surface area contributed by atoms with E-state index in [0.717, 1.165) is 55.6 Å². The third-order valence-corrected chi connectivity index (χ3v) is 6.70. The van der Waals surface area contributed by atoms with Crippen molar-refractivity contribution in [3.8, 4) is 36.1 Å². The molecular weight excluding hydrogens is 454 g/mol. The van der Waals surface area contributed by atoms with Crippen molar-refractivity contribution >= 4 is 38.8 Å². The summed E-state index contributed by atoms with van der Waals surface area (Å²) in [6.07, 6.45) is 7.31. The molecule has 6 aromatic rings. The van der Waals surface area contributed by atoms with Gasteiger partial charge in [0.05, 0.1) is 28.2 Å². The standard InChI is InChI=1S/C32H19N5/c1-3-22(19-33)17-26-21(2)36(28-11-6-4-9-24(26)28)31-13-8-14-32(35-31)37-29-12-7-5-10-25(29)27-18-23(20-34)15-16-30(27)37/h1,4-18H,2H3/b22-17+. The van der Waals surface area contributed by atoms with E-state index in [4.69, 9.17) is 11.4 Å². The van der Waals surface area contributed by atoms with Crippen molar-refractivity contribution in [2.45, 2.75) is 6.92 Å². The molecule has 0 aliphatic rings. The van der Waals surface area contributed by atoms with Gasteiger partial charge >= 0.3 is 0 Å². The number of terminal acetylenes is 1. The molecule has 0 spiro atoms. The highest BCUT2D eigenvalue weighted by molar-refractivity contribution is 6.09. The van der Waals surface area contributed by atoms with E-state index in [1.54, 1.807) is 6.08 Å². The van der Waals surface area contributed by atoms with Crippen LogP contribution in [-0.2, 0) is 0 Å². The first-order valence-electron chi connectivity index (χ1n) is 11.7. The fourth-order valence-corrected chi connectivity index (χ4v) is 5.07. The fraction of sp³-hybridized carbons (Fsp3) is 0.0312. The van der Waals surface area contributed by atoms with Crippen LogP contribution in [0.5, 0.6) is 0 Å². The Morgan fingerprint density at radius 1 is 0.784 bits per heavy atom. The lowest BCUT2D eigenvalue weighted by atomic mass is 10.1. The highest BCUT2D eigenvalue weighted by atomic mass is 15.1. The molecule has 3 aromatic heterocycles. The Labute approximate surface area is 213 Å². The molecule has 5 nitrogen and oxygen atoms in total. The van der Waals surface area contributed by atoms with E-state index >= 15 is 0 Å². The van der Waals surface area contributed by atoms with Crippen LogP contribution in [0.3, 0.4) is 0 Å². The molecule has 172 valence electrons. The summed E-state index contributed by atoms with van der Waals surface area (Å²) >= 11 is 0. The van der Waals surface area contributed by atoms with E-state index in [9.17, 15) is 10.5 Å². The molecule has 0 fully saturated rings. The number of pyridine rings is 1. The summed E-state index contributed by atoms with van der Waals surface area (Å²) in [5.74, 6) is 3.98. The number of rotatable bonds is 3. The maximum Gasteiger partial charge on any atom is 0.140 e. The van der Waals surface area contributed by atoms with Crippen molar-refractivity contribution in [2.24, 2.45) is 0 Å². The van der Waals surface area contributed by atoms with Gasteiger partial charge in [0.25, 0.3) is 0 Å². The van der Waals surface area contributed by atoms with Crippen LogP contribution in [0.1, 0.15) is 16.8 Å². The zero-order chi connectivity index (χ0) is 25.5. The van der Waals surface area contributed by atoms with Crippen LogP contribution in [0.2, 0.25) is 0 Å². The van der Waals surface area contributed by atoms with Crippen LogP contribution >= 0.6 is 0 Å². The first kappa shape index (κ1) is 21.9. The monoisotopic (exact) mass is 473 g/mol. The van der Waals surface area contributed by atoms with Crippen molar-refractivity contribution in [3.63, 3.8) is 0 Å². The van der Waals surface area contributed by atoms with Crippen molar-refractivity contribution in [1.82, 2.24) is 14.1 Å². The van der Waals surface area contributed by atoms with E-state index in [-0.39, 0.29) is 5.57 Å². The molecule has 0 aliphatic heterocycles. The summed E-state index contributed by atoms with van der Waals surface area (Å²) in [7, 11) is 0. The first-order valence-corrected chi connectivity index (χ1v) is 11.7. The van der Waals surface area contributed by atoms with E-state index in [1.165, 1.54) is 0 Å². The molecule has 6 rings (SSSR count). The Kier molecular flexibility index (Phi) is 5.08. The average Bonchev–Trinajstić information content (AvgIpc) is 3.42. The Morgan fingerprint density at radius 3 is 2.14 bits per heavy atom. The van der Waals surface area contributed by atoms with Gasteiger partial charge in [0, 0.05) is 27.4 Å². The van der Waals surface area contributed by atoms with Crippen molar-refractivity contribution in [2.75, 3.05) is 0 Å². The van der Waals surface area contributed by atoms with E-state index in [0.29, 0.717) is 5.56 Å². The zero-order valence-corrected chi connectivity index (χ0v) is 20.0. The van der Waals surface area contributed by atoms with Crippen LogP contribution in [0, 0.1) is 41.9 Å². The molecular formula is C32H19N5. The molecule has 0 saturated heterocycles. The first-order chi connectivity index (χ1) is 18.1. The second-order valence-electron chi connectivity index (χ2n) is 8.72. The SMILES string of the molecule is C#C/C(C#N)=C\c1c(C)n(-c2cccc(-n3c4ccccc4c4cc(C#N)ccc43)n2)c2ccccc12. The van der Waals surface area contributed by atoms with Crippen molar-refractivity contribution in [1.29, 1.82) is 10.5 Å². The minimum Gasteiger partial charge on any atom is -0.298 e. The van der Waals surface area contributed by atoms with E-state index in [2.05, 4.69) is 39.3 Å². The average molecular weight is 474 g/mol. The molecule has 37 heavy (non-hydrogen) atoms. The van der Waals surface area contributed by atoms with Gasteiger partial charge in [0.2, 0.25) is 0 Å². The van der Waals surface area contributed by atoms with Crippen LogP contribution < -0.4 is 0 Å². The Hall–Kier alpha value is -5.57. The predicted molar refractivity (Wildman–Crippen MR) is 147 cm³/mol. The Balaban J connectivity index is 1.63. The van der Waals surface area contributed by atoms with Crippen LogP contribution in [0.15, 0.2) is 90.5 Å². The van der Waals surface area contributed by atoms with Gasteiger partial charge in [-0.05, 0) is 55.5 Å². The highest BCUT2D eigenvalue weighted by Crippen LogP contribution is 2.34. The summed E-state index contributed by atoms with van der Waals surface area (Å²) in [6.45, 7) is 2.01. The van der Waals surface area contributed by atoms with E-state index < -0.39 is 0 Å². The molecule has 0 amide bonds. The topological polar surface area (TPSA) is 70.3 Å². The van der Waals surface area contributed by atoms with Crippen molar-refractivity contribution in [3.05, 3.63) is 107 Å². The second kappa shape index (κ2) is 8.58.